The normalized spacial score (nSPS) is 28.2. The number of aromatic nitrogens is 3. The molecule has 21 heavy (non-hydrogen) atoms. The van der Waals surface area contributed by atoms with E-state index in [1.807, 2.05) is 30.0 Å². The minimum absolute atomic E-state index is 0.341. The van der Waals surface area contributed by atoms with Crippen molar-refractivity contribution in [3.8, 4) is 0 Å². The first-order chi connectivity index (χ1) is 10.2. The fourth-order valence-electron chi connectivity index (χ4n) is 3.38. The van der Waals surface area contributed by atoms with Crippen LogP contribution in [-0.4, -0.2) is 20.0 Å². The maximum Gasteiger partial charge on any atom is 0.147 e. The molecule has 3 atom stereocenters. The van der Waals surface area contributed by atoms with Crippen LogP contribution in [0.25, 0.3) is 0 Å². The Morgan fingerprint density at radius 3 is 3.19 bits per heavy atom. The van der Waals surface area contributed by atoms with E-state index >= 15 is 0 Å². The summed E-state index contributed by atoms with van der Waals surface area (Å²) in [6, 6.07) is 3.08. The maximum absolute atomic E-state index is 4.65. The molecule has 2 aliphatic rings. The maximum atomic E-state index is 4.65. The Labute approximate surface area is 133 Å². The van der Waals surface area contributed by atoms with Crippen LogP contribution in [0.1, 0.15) is 55.5 Å². The molecule has 2 aromatic rings. The summed E-state index contributed by atoms with van der Waals surface area (Å²) >= 11 is 3.89. The van der Waals surface area contributed by atoms with E-state index < -0.39 is 0 Å². The second kappa shape index (κ2) is 5.41. The minimum atomic E-state index is 0.341. The summed E-state index contributed by atoms with van der Waals surface area (Å²) in [4.78, 5) is 4.65. The van der Waals surface area contributed by atoms with E-state index in [1.54, 1.807) is 0 Å². The van der Waals surface area contributed by atoms with Gasteiger partial charge in [-0.15, -0.1) is 23.1 Å². The van der Waals surface area contributed by atoms with E-state index in [0.29, 0.717) is 17.3 Å². The average molecular weight is 320 g/mol. The summed E-state index contributed by atoms with van der Waals surface area (Å²) in [6.07, 6.45) is 3.54. The van der Waals surface area contributed by atoms with Gasteiger partial charge in [-0.1, -0.05) is 6.92 Å². The van der Waals surface area contributed by atoms with Gasteiger partial charge in [0.15, 0.2) is 0 Å². The lowest BCUT2D eigenvalue weighted by atomic mass is 10.0. The summed E-state index contributed by atoms with van der Waals surface area (Å²) in [7, 11) is 0. The molecule has 0 unspecified atom stereocenters. The summed E-state index contributed by atoms with van der Waals surface area (Å²) in [5.41, 5.74) is 1.48. The Balaban J connectivity index is 1.60. The number of nitrogens with one attached hydrogen (secondary N) is 1. The summed E-state index contributed by atoms with van der Waals surface area (Å²) in [6.45, 7) is 5.32. The molecule has 2 aromatic heterocycles. The quantitative estimate of drug-likeness (QED) is 0.916. The van der Waals surface area contributed by atoms with Gasteiger partial charge in [0.05, 0.1) is 10.3 Å². The molecule has 112 valence electrons. The summed E-state index contributed by atoms with van der Waals surface area (Å²) in [5, 5.41) is 11.3. The third-order valence-electron chi connectivity index (χ3n) is 4.29. The lowest BCUT2D eigenvalue weighted by Gasteiger charge is -2.32. The van der Waals surface area contributed by atoms with Gasteiger partial charge in [-0.25, -0.2) is 9.67 Å². The van der Waals surface area contributed by atoms with Crippen molar-refractivity contribution >= 4 is 23.1 Å². The predicted molar refractivity (Wildman–Crippen MR) is 86.9 cm³/mol. The van der Waals surface area contributed by atoms with Gasteiger partial charge >= 0.3 is 0 Å². The van der Waals surface area contributed by atoms with Gasteiger partial charge in [0.25, 0.3) is 0 Å². The van der Waals surface area contributed by atoms with E-state index in [2.05, 4.69) is 38.5 Å². The Morgan fingerprint density at radius 1 is 1.38 bits per heavy atom. The molecule has 0 saturated carbocycles. The zero-order valence-electron chi connectivity index (χ0n) is 12.4. The van der Waals surface area contributed by atoms with Gasteiger partial charge < -0.3 is 5.32 Å². The fourth-order valence-corrected chi connectivity index (χ4v) is 5.94. The van der Waals surface area contributed by atoms with Gasteiger partial charge in [0, 0.05) is 17.8 Å². The topological polar surface area (TPSA) is 42.7 Å². The highest BCUT2D eigenvalue weighted by Gasteiger charge is 2.31. The molecule has 0 aromatic carbocycles. The Hall–Kier alpha value is -0.850. The molecule has 0 radical (unpaired) electrons. The van der Waals surface area contributed by atoms with Crippen molar-refractivity contribution in [2.75, 3.05) is 0 Å². The zero-order valence-corrected chi connectivity index (χ0v) is 14.0. The van der Waals surface area contributed by atoms with E-state index in [9.17, 15) is 0 Å². The molecule has 4 heterocycles. The zero-order chi connectivity index (χ0) is 14.4. The van der Waals surface area contributed by atoms with Crippen LogP contribution in [0.5, 0.6) is 0 Å². The Morgan fingerprint density at radius 2 is 2.29 bits per heavy atom. The third kappa shape index (κ3) is 2.53. The minimum Gasteiger partial charge on any atom is -0.300 e. The molecule has 0 saturated heterocycles. The molecule has 0 bridgehead atoms. The number of thiophene rings is 1. The number of thioether (sulfide) groups is 1. The number of aryl methyl sites for hydroxylation is 2. The van der Waals surface area contributed by atoms with Crippen molar-refractivity contribution in [1.29, 1.82) is 0 Å². The molecule has 1 N–H and O–H groups in total. The van der Waals surface area contributed by atoms with Crippen molar-refractivity contribution in [1.82, 2.24) is 20.1 Å². The third-order valence-corrected chi connectivity index (χ3v) is 6.64. The average Bonchev–Trinajstić information content (AvgIpc) is 3.04. The van der Waals surface area contributed by atoms with Crippen molar-refractivity contribution in [3.05, 3.63) is 28.7 Å². The molecule has 0 aliphatic carbocycles. The Kier molecular flexibility index (Phi) is 3.55. The van der Waals surface area contributed by atoms with Crippen LogP contribution >= 0.6 is 23.1 Å². The van der Waals surface area contributed by atoms with Gasteiger partial charge in [-0.2, -0.15) is 5.10 Å². The lowest BCUT2D eigenvalue weighted by molar-refractivity contribution is 0.326. The van der Waals surface area contributed by atoms with E-state index in [-0.39, 0.29) is 0 Å². The van der Waals surface area contributed by atoms with Crippen LogP contribution < -0.4 is 5.32 Å². The summed E-state index contributed by atoms with van der Waals surface area (Å²) in [5.74, 6) is 2.02. The smallest absolute Gasteiger partial charge is 0.147 e. The van der Waals surface area contributed by atoms with Crippen molar-refractivity contribution in [2.24, 2.45) is 0 Å². The highest BCUT2D eigenvalue weighted by Crippen LogP contribution is 2.44. The van der Waals surface area contributed by atoms with Gasteiger partial charge in [0.1, 0.15) is 11.6 Å². The number of fused-ring (bicyclic) bond motifs is 2. The lowest BCUT2D eigenvalue weighted by Crippen LogP contribution is -2.34. The molecule has 0 fully saturated rings. The van der Waals surface area contributed by atoms with E-state index in [0.717, 1.165) is 24.6 Å². The number of rotatable bonds is 2. The molecule has 2 aliphatic heterocycles. The number of nitrogens with zero attached hydrogens (tertiary/aromatic N) is 3. The summed E-state index contributed by atoms with van der Waals surface area (Å²) < 4.78 is 3.58. The highest BCUT2D eigenvalue weighted by atomic mass is 32.2. The molecule has 0 amide bonds. The first kappa shape index (κ1) is 13.8. The van der Waals surface area contributed by atoms with Crippen molar-refractivity contribution in [3.63, 3.8) is 0 Å². The SMILES string of the molecule is Cc1nc2n(n1)CCC[C@H]2N[C@@H]1C[C@H](C)Sc2sccc21. The van der Waals surface area contributed by atoms with Crippen LogP contribution in [-0.2, 0) is 6.54 Å². The van der Waals surface area contributed by atoms with E-state index in [4.69, 9.17) is 0 Å². The first-order valence-electron chi connectivity index (χ1n) is 7.62. The molecule has 0 spiro atoms. The monoisotopic (exact) mass is 320 g/mol. The predicted octanol–water partition coefficient (Wildman–Crippen LogP) is 3.70. The second-order valence-corrected chi connectivity index (χ2v) is 8.61. The largest absolute Gasteiger partial charge is 0.300 e. The second-order valence-electron chi connectivity index (χ2n) is 5.98. The molecular formula is C15H20N4S2. The van der Waals surface area contributed by atoms with Crippen molar-refractivity contribution < 1.29 is 0 Å². The molecule has 4 rings (SSSR count). The van der Waals surface area contributed by atoms with Crippen LogP contribution in [0.15, 0.2) is 15.7 Å². The van der Waals surface area contributed by atoms with Crippen LogP contribution in [0.4, 0.5) is 0 Å². The Bertz CT molecular complexity index is 648. The van der Waals surface area contributed by atoms with E-state index in [1.165, 1.54) is 22.6 Å². The first-order valence-corrected chi connectivity index (χ1v) is 9.38. The highest BCUT2D eigenvalue weighted by molar-refractivity contribution is 8.01. The fraction of sp³-hybridized carbons (Fsp3) is 0.600. The molecule has 4 nitrogen and oxygen atoms in total. The van der Waals surface area contributed by atoms with Crippen LogP contribution in [0.2, 0.25) is 0 Å². The van der Waals surface area contributed by atoms with Crippen LogP contribution in [0, 0.1) is 6.92 Å². The molecular weight excluding hydrogens is 300 g/mol. The van der Waals surface area contributed by atoms with Gasteiger partial charge in [0.2, 0.25) is 0 Å². The number of hydrogen-bond donors (Lipinski definition) is 1. The van der Waals surface area contributed by atoms with Gasteiger partial charge in [-0.3, -0.25) is 0 Å². The molecule has 6 heteroatoms. The van der Waals surface area contributed by atoms with Crippen LogP contribution in [0.3, 0.4) is 0 Å². The standard InChI is InChI=1S/C15H20N4S2/c1-9-8-13(11-5-7-20-15(11)21-9)17-12-4-3-6-19-14(12)16-10(2)18-19/h5,7,9,12-13,17H,3-4,6,8H2,1-2H3/t9-,12+,13+/m0/s1. The van der Waals surface area contributed by atoms with Gasteiger partial charge in [-0.05, 0) is 43.2 Å². The van der Waals surface area contributed by atoms with Crippen molar-refractivity contribution in [2.45, 2.75) is 61.2 Å². The number of hydrogen-bond acceptors (Lipinski definition) is 5.